The van der Waals surface area contributed by atoms with E-state index in [4.69, 9.17) is 0 Å². The molecule has 5 rings (SSSR count). The first-order chi connectivity index (χ1) is 18.7. The molecule has 0 spiro atoms. The molecule has 0 atom stereocenters. The molecule has 8 nitrogen and oxygen atoms in total. The van der Waals surface area contributed by atoms with Crippen molar-refractivity contribution in [1.82, 2.24) is 14.8 Å². The summed E-state index contributed by atoms with van der Waals surface area (Å²) in [6.07, 6.45) is 1.56. The molecule has 0 unspecified atom stereocenters. The highest BCUT2D eigenvalue weighted by molar-refractivity contribution is 7.93. The first kappa shape index (κ1) is 26.4. The van der Waals surface area contributed by atoms with E-state index in [1.165, 1.54) is 6.07 Å². The van der Waals surface area contributed by atoms with Gasteiger partial charge in [-0.2, -0.15) is 0 Å². The van der Waals surface area contributed by atoms with Crippen LogP contribution >= 0.6 is 0 Å². The molecule has 1 N–H and O–H groups in total. The number of aromatic nitrogens is 1. The topological polar surface area (TPSA) is 99.7 Å². The summed E-state index contributed by atoms with van der Waals surface area (Å²) in [4.78, 5) is 34.2. The second-order valence-electron chi connectivity index (χ2n) is 10.1. The highest BCUT2D eigenvalue weighted by Gasteiger charge is 2.35. The smallest absolute Gasteiger partial charge is 0.264 e. The van der Waals surface area contributed by atoms with Crippen LogP contribution in [-0.2, 0) is 20.2 Å². The Bertz CT molecular complexity index is 1610. The second-order valence-corrected chi connectivity index (χ2v) is 11.7. The van der Waals surface area contributed by atoms with Crippen molar-refractivity contribution < 1.29 is 18.0 Å². The van der Waals surface area contributed by atoms with Crippen molar-refractivity contribution in [3.05, 3.63) is 102 Å². The number of rotatable bonds is 6. The first-order valence-corrected chi connectivity index (χ1v) is 14.3. The molecule has 39 heavy (non-hydrogen) atoms. The molecule has 1 aliphatic heterocycles. The van der Waals surface area contributed by atoms with Crippen LogP contribution in [0.5, 0.6) is 0 Å². The predicted molar refractivity (Wildman–Crippen MR) is 151 cm³/mol. The molecule has 2 amide bonds. The highest BCUT2D eigenvalue weighted by Crippen LogP contribution is 2.27. The molecule has 3 aromatic carbocycles. The molecule has 1 saturated heterocycles. The van der Waals surface area contributed by atoms with Crippen LogP contribution in [0.2, 0.25) is 0 Å². The molecular formula is C30H30N4O4S. The van der Waals surface area contributed by atoms with Crippen molar-refractivity contribution in [3.63, 3.8) is 0 Å². The Morgan fingerprint density at radius 3 is 2.13 bits per heavy atom. The van der Waals surface area contributed by atoms with Gasteiger partial charge in [-0.3, -0.25) is 19.3 Å². The third-order valence-corrected chi connectivity index (χ3v) is 8.57. The Morgan fingerprint density at radius 2 is 1.44 bits per heavy atom. The molecule has 1 aliphatic rings. The van der Waals surface area contributed by atoms with E-state index in [-0.39, 0.29) is 16.7 Å². The zero-order valence-electron chi connectivity index (χ0n) is 21.9. The summed E-state index contributed by atoms with van der Waals surface area (Å²) in [6.45, 7) is 5.62. The number of carbonyl (C=O) groups excluding carboxylic acids is 2. The van der Waals surface area contributed by atoms with Gasteiger partial charge in [-0.05, 0) is 55.8 Å². The Hall–Kier alpha value is -4.24. The number of hydrogen-bond acceptors (Lipinski definition) is 5. The third-order valence-electron chi connectivity index (χ3n) is 7.15. The number of fused-ring (bicyclic) bond motifs is 1. The summed E-state index contributed by atoms with van der Waals surface area (Å²) < 4.78 is 28.7. The van der Waals surface area contributed by atoms with Crippen LogP contribution in [0.15, 0.2) is 96.0 Å². The van der Waals surface area contributed by atoms with Crippen LogP contribution in [0.3, 0.4) is 0 Å². The number of amides is 2. The fourth-order valence-electron chi connectivity index (χ4n) is 4.85. The van der Waals surface area contributed by atoms with Gasteiger partial charge in [-0.15, -0.1) is 0 Å². The minimum atomic E-state index is -3.89. The van der Waals surface area contributed by atoms with Gasteiger partial charge < -0.3 is 9.80 Å². The molecular weight excluding hydrogens is 512 g/mol. The zero-order chi connectivity index (χ0) is 27.6. The molecule has 1 fully saturated rings. The SMILES string of the molecule is CC(C)(C(=O)N1CCN(C(=O)c2ccc(NS(=O)(=O)c3cccc4cccnc34)cc2)CC1)c1ccccc1. The average molecular weight is 543 g/mol. The Labute approximate surface area is 228 Å². The van der Waals surface area contributed by atoms with E-state index < -0.39 is 15.4 Å². The fraction of sp³-hybridized carbons (Fsp3) is 0.233. The molecule has 4 aromatic rings. The molecule has 2 heterocycles. The lowest BCUT2D eigenvalue weighted by atomic mass is 9.83. The van der Waals surface area contributed by atoms with Gasteiger partial charge in [0.2, 0.25) is 5.91 Å². The van der Waals surface area contributed by atoms with Crippen LogP contribution in [0.25, 0.3) is 10.9 Å². The number of sulfonamides is 1. The number of carbonyl (C=O) groups is 2. The van der Waals surface area contributed by atoms with Crippen molar-refractivity contribution in [1.29, 1.82) is 0 Å². The lowest BCUT2D eigenvalue weighted by molar-refractivity contribution is -0.137. The average Bonchev–Trinajstić information content (AvgIpc) is 2.97. The van der Waals surface area contributed by atoms with Gasteiger partial charge in [-0.25, -0.2) is 8.42 Å². The van der Waals surface area contributed by atoms with E-state index >= 15 is 0 Å². The summed E-state index contributed by atoms with van der Waals surface area (Å²) >= 11 is 0. The minimum absolute atomic E-state index is 0.0406. The molecule has 1 aromatic heterocycles. The molecule has 9 heteroatoms. The van der Waals surface area contributed by atoms with Crippen molar-refractivity contribution in [2.45, 2.75) is 24.2 Å². The number of benzene rings is 3. The second kappa shape index (κ2) is 10.5. The number of piperazine rings is 1. The van der Waals surface area contributed by atoms with Crippen LogP contribution in [0.1, 0.15) is 29.8 Å². The monoisotopic (exact) mass is 542 g/mol. The lowest BCUT2D eigenvalue weighted by Crippen LogP contribution is -2.54. The maximum atomic E-state index is 13.3. The number of anilines is 1. The number of hydrogen-bond donors (Lipinski definition) is 1. The predicted octanol–water partition coefficient (Wildman–Crippen LogP) is 4.30. The van der Waals surface area contributed by atoms with E-state index in [1.54, 1.807) is 47.5 Å². The largest absolute Gasteiger partial charge is 0.338 e. The summed E-state index contributed by atoms with van der Waals surface area (Å²) in [7, 11) is -3.89. The molecule has 200 valence electrons. The number of pyridine rings is 1. The standard InChI is InChI=1S/C30H30N4O4S/c1-30(2,24-10-4-3-5-11-24)29(36)34-20-18-33(19-21-34)28(35)23-13-15-25(16-14-23)32-39(37,38)26-12-6-8-22-9-7-17-31-27(22)26/h3-17,32H,18-21H2,1-2H3. The molecule has 0 radical (unpaired) electrons. The third kappa shape index (κ3) is 5.35. The minimum Gasteiger partial charge on any atom is -0.338 e. The van der Waals surface area contributed by atoms with E-state index in [0.29, 0.717) is 42.9 Å². The molecule has 0 aliphatic carbocycles. The summed E-state index contributed by atoms with van der Waals surface area (Å²) in [6, 6.07) is 24.6. The fourth-order valence-corrected chi connectivity index (χ4v) is 6.09. The Morgan fingerprint density at radius 1 is 0.795 bits per heavy atom. The van der Waals surface area contributed by atoms with Gasteiger partial charge in [-0.1, -0.05) is 48.5 Å². The van der Waals surface area contributed by atoms with Gasteiger partial charge in [0, 0.05) is 49.0 Å². The van der Waals surface area contributed by atoms with Gasteiger partial charge >= 0.3 is 0 Å². The van der Waals surface area contributed by atoms with Crippen LogP contribution in [-0.4, -0.2) is 61.2 Å². The van der Waals surface area contributed by atoms with Crippen LogP contribution < -0.4 is 4.72 Å². The lowest BCUT2D eigenvalue weighted by Gasteiger charge is -2.38. The van der Waals surface area contributed by atoms with Crippen LogP contribution in [0, 0.1) is 0 Å². The van der Waals surface area contributed by atoms with Crippen molar-refractivity contribution >= 4 is 38.4 Å². The van der Waals surface area contributed by atoms with Gasteiger partial charge in [0.15, 0.2) is 0 Å². The van der Waals surface area contributed by atoms with E-state index in [0.717, 1.165) is 10.9 Å². The maximum Gasteiger partial charge on any atom is 0.264 e. The first-order valence-electron chi connectivity index (χ1n) is 12.8. The van der Waals surface area contributed by atoms with Crippen molar-refractivity contribution in [3.8, 4) is 0 Å². The van der Waals surface area contributed by atoms with Crippen LogP contribution in [0.4, 0.5) is 5.69 Å². The quantitative estimate of drug-likeness (QED) is 0.392. The zero-order valence-corrected chi connectivity index (χ0v) is 22.7. The molecule has 0 saturated carbocycles. The highest BCUT2D eigenvalue weighted by atomic mass is 32.2. The summed E-state index contributed by atoms with van der Waals surface area (Å²) in [5.74, 6) is -0.115. The van der Waals surface area contributed by atoms with Crippen molar-refractivity contribution in [2.75, 3.05) is 30.9 Å². The number of para-hydroxylation sites is 1. The number of nitrogens with one attached hydrogen (secondary N) is 1. The maximum absolute atomic E-state index is 13.3. The van der Waals surface area contributed by atoms with Crippen molar-refractivity contribution in [2.24, 2.45) is 0 Å². The Balaban J connectivity index is 1.22. The van der Waals surface area contributed by atoms with E-state index in [9.17, 15) is 18.0 Å². The summed E-state index contributed by atoms with van der Waals surface area (Å²) in [5, 5.41) is 0.728. The normalized spacial score (nSPS) is 14.3. The van der Waals surface area contributed by atoms with Gasteiger partial charge in [0.1, 0.15) is 4.90 Å². The van der Waals surface area contributed by atoms with E-state index in [1.807, 2.05) is 61.2 Å². The number of nitrogens with zero attached hydrogens (tertiary/aromatic N) is 3. The Kier molecular flexibility index (Phi) is 7.10. The van der Waals surface area contributed by atoms with Gasteiger partial charge in [0.25, 0.3) is 15.9 Å². The summed E-state index contributed by atoms with van der Waals surface area (Å²) in [5.41, 5.74) is 1.50. The van der Waals surface area contributed by atoms with E-state index in [2.05, 4.69) is 9.71 Å². The molecule has 0 bridgehead atoms. The van der Waals surface area contributed by atoms with Gasteiger partial charge in [0.05, 0.1) is 10.9 Å².